The third-order valence-electron chi connectivity index (χ3n) is 5.41. The second kappa shape index (κ2) is 7.94. The number of benzene rings is 1. The van der Waals surface area contributed by atoms with Crippen LogP contribution in [0.1, 0.15) is 34.5 Å². The third-order valence-corrected chi connectivity index (χ3v) is 5.41. The van der Waals surface area contributed by atoms with Gasteiger partial charge < -0.3 is 9.80 Å². The topological polar surface area (TPSA) is 58.4 Å². The lowest BCUT2D eigenvalue weighted by Crippen LogP contribution is -2.51. The molecule has 3 rings (SSSR count). The maximum Gasteiger partial charge on any atom is 0.242 e. The first-order chi connectivity index (χ1) is 12.8. The molecule has 1 aliphatic heterocycles. The van der Waals surface area contributed by atoms with Gasteiger partial charge in [0.1, 0.15) is 0 Å². The Morgan fingerprint density at radius 2 is 1.81 bits per heavy atom. The molecule has 0 N–H and O–H groups in total. The molecule has 0 atom stereocenters. The van der Waals surface area contributed by atoms with E-state index in [0.717, 1.165) is 22.5 Å². The first kappa shape index (κ1) is 19.1. The van der Waals surface area contributed by atoms with Gasteiger partial charge in [0, 0.05) is 38.8 Å². The number of amides is 2. The van der Waals surface area contributed by atoms with Crippen LogP contribution in [0.5, 0.6) is 0 Å². The molecular formula is C21H28N4O2. The normalized spacial score (nSPS) is 14.7. The van der Waals surface area contributed by atoms with Crippen molar-refractivity contribution in [1.29, 1.82) is 0 Å². The Labute approximate surface area is 160 Å². The van der Waals surface area contributed by atoms with Gasteiger partial charge in [-0.05, 0) is 38.3 Å². The third kappa shape index (κ3) is 4.38. The van der Waals surface area contributed by atoms with Crippen LogP contribution in [0, 0.1) is 20.8 Å². The van der Waals surface area contributed by atoms with Crippen molar-refractivity contribution in [3.05, 3.63) is 52.3 Å². The van der Waals surface area contributed by atoms with Gasteiger partial charge in [0.15, 0.2) is 0 Å². The molecule has 2 aromatic rings. The number of aromatic nitrogens is 2. The van der Waals surface area contributed by atoms with Gasteiger partial charge in [0.2, 0.25) is 11.8 Å². The van der Waals surface area contributed by atoms with Gasteiger partial charge in [0.05, 0.1) is 12.2 Å². The van der Waals surface area contributed by atoms with E-state index < -0.39 is 0 Å². The fourth-order valence-corrected chi connectivity index (χ4v) is 3.57. The molecule has 1 saturated heterocycles. The van der Waals surface area contributed by atoms with Crippen molar-refractivity contribution in [1.82, 2.24) is 19.6 Å². The van der Waals surface area contributed by atoms with E-state index in [0.29, 0.717) is 32.5 Å². The van der Waals surface area contributed by atoms with Crippen LogP contribution in [0.15, 0.2) is 24.3 Å². The molecule has 0 radical (unpaired) electrons. The zero-order valence-corrected chi connectivity index (χ0v) is 16.7. The summed E-state index contributed by atoms with van der Waals surface area (Å²) in [7, 11) is 1.92. The van der Waals surface area contributed by atoms with Crippen molar-refractivity contribution >= 4 is 11.8 Å². The van der Waals surface area contributed by atoms with Crippen molar-refractivity contribution in [3.63, 3.8) is 0 Å². The number of hydrogen-bond donors (Lipinski definition) is 0. The van der Waals surface area contributed by atoms with Gasteiger partial charge in [-0.3, -0.25) is 14.3 Å². The maximum atomic E-state index is 12.6. The zero-order valence-electron chi connectivity index (χ0n) is 16.7. The predicted octanol–water partition coefficient (Wildman–Crippen LogP) is 2.15. The van der Waals surface area contributed by atoms with Gasteiger partial charge in [-0.15, -0.1) is 0 Å². The van der Waals surface area contributed by atoms with Gasteiger partial charge in [-0.25, -0.2) is 0 Å². The van der Waals surface area contributed by atoms with E-state index in [-0.39, 0.29) is 18.4 Å². The summed E-state index contributed by atoms with van der Waals surface area (Å²) in [5.74, 6) is 0.0601. The number of hydrogen-bond acceptors (Lipinski definition) is 3. The van der Waals surface area contributed by atoms with Gasteiger partial charge in [0.25, 0.3) is 0 Å². The Morgan fingerprint density at radius 1 is 1.11 bits per heavy atom. The van der Waals surface area contributed by atoms with E-state index in [1.165, 1.54) is 5.56 Å². The van der Waals surface area contributed by atoms with Gasteiger partial charge in [-0.2, -0.15) is 5.10 Å². The molecule has 2 amide bonds. The standard InChI is InChI=1S/C21H28N4O2/c1-15-5-7-18(8-6-15)13-24-11-12-25(14-21(24)27)20(26)10-9-19-16(2)22-23(4)17(19)3/h5-8H,9-14H2,1-4H3. The number of piperazine rings is 1. The molecule has 0 saturated carbocycles. The summed E-state index contributed by atoms with van der Waals surface area (Å²) in [4.78, 5) is 28.6. The van der Waals surface area contributed by atoms with Crippen molar-refractivity contribution in [2.75, 3.05) is 19.6 Å². The Kier molecular flexibility index (Phi) is 5.63. The van der Waals surface area contributed by atoms with Crippen LogP contribution in [0.25, 0.3) is 0 Å². The highest BCUT2D eigenvalue weighted by Gasteiger charge is 2.27. The van der Waals surface area contributed by atoms with E-state index in [2.05, 4.69) is 29.4 Å². The van der Waals surface area contributed by atoms with Crippen molar-refractivity contribution in [2.45, 2.75) is 40.2 Å². The molecule has 1 aromatic heterocycles. The van der Waals surface area contributed by atoms with E-state index in [1.807, 2.05) is 37.4 Å². The minimum absolute atomic E-state index is 0.0175. The highest BCUT2D eigenvalue weighted by Crippen LogP contribution is 2.16. The molecule has 6 nitrogen and oxygen atoms in total. The molecular weight excluding hydrogens is 340 g/mol. The van der Waals surface area contributed by atoms with E-state index in [9.17, 15) is 9.59 Å². The lowest BCUT2D eigenvalue weighted by Gasteiger charge is -2.34. The second-order valence-corrected chi connectivity index (χ2v) is 7.39. The molecule has 1 aromatic carbocycles. The lowest BCUT2D eigenvalue weighted by atomic mass is 10.1. The Hall–Kier alpha value is -2.63. The van der Waals surface area contributed by atoms with Gasteiger partial charge in [-0.1, -0.05) is 29.8 Å². The first-order valence-corrected chi connectivity index (χ1v) is 9.45. The van der Waals surface area contributed by atoms with Crippen LogP contribution in [-0.2, 0) is 29.6 Å². The highest BCUT2D eigenvalue weighted by atomic mass is 16.2. The summed E-state index contributed by atoms with van der Waals surface area (Å²) < 4.78 is 1.85. The van der Waals surface area contributed by atoms with Crippen LogP contribution in [0.3, 0.4) is 0 Å². The Morgan fingerprint density at radius 3 is 2.41 bits per heavy atom. The lowest BCUT2D eigenvalue weighted by molar-refractivity contribution is -0.145. The summed E-state index contributed by atoms with van der Waals surface area (Å²) >= 11 is 0. The summed E-state index contributed by atoms with van der Waals surface area (Å²) in [6.07, 6.45) is 1.08. The molecule has 0 aliphatic carbocycles. The molecule has 2 heterocycles. The minimum Gasteiger partial charge on any atom is -0.335 e. The maximum absolute atomic E-state index is 12.6. The molecule has 27 heavy (non-hydrogen) atoms. The fourth-order valence-electron chi connectivity index (χ4n) is 3.57. The van der Waals surface area contributed by atoms with E-state index >= 15 is 0 Å². The Bertz CT molecular complexity index is 839. The van der Waals surface area contributed by atoms with Gasteiger partial charge >= 0.3 is 0 Å². The van der Waals surface area contributed by atoms with Crippen LogP contribution < -0.4 is 0 Å². The van der Waals surface area contributed by atoms with Crippen molar-refractivity contribution in [2.24, 2.45) is 7.05 Å². The molecule has 1 fully saturated rings. The van der Waals surface area contributed by atoms with E-state index in [1.54, 1.807) is 4.90 Å². The van der Waals surface area contributed by atoms with Crippen LogP contribution in [0.2, 0.25) is 0 Å². The summed E-state index contributed by atoms with van der Waals surface area (Å²) in [5.41, 5.74) is 5.53. The quantitative estimate of drug-likeness (QED) is 0.813. The predicted molar refractivity (Wildman–Crippen MR) is 104 cm³/mol. The summed E-state index contributed by atoms with van der Waals surface area (Å²) in [6.45, 7) is 8.01. The molecule has 1 aliphatic rings. The SMILES string of the molecule is Cc1ccc(CN2CCN(C(=O)CCc3c(C)nn(C)c3C)CC2=O)cc1. The molecule has 144 valence electrons. The average molecular weight is 368 g/mol. The monoisotopic (exact) mass is 368 g/mol. The van der Waals surface area contributed by atoms with E-state index in [4.69, 9.17) is 0 Å². The smallest absolute Gasteiger partial charge is 0.242 e. The minimum atomic E-state index is 0.0175. The van der Waals surface area contributed by atoms with Crippen LogP contribution in [0.4, 0.5) is 0 Å². The summed E-state index contributed by atoms with van der Waals surface area (Å²) in [6, 6.07) is 8.22. The van der Waals surface area contributed by atoms with Crippen LogP contribution in [-0.4, -0.2) is 51.0 Å². The Balaban J connectivity index is 1.53. The molecule has 0 spiro atoms. The zero-order chi connectivity index (χ0) is 19.6. The first-order valence-electron chi connectivity index (χ1n) is 9.45. The number of carbonyl (C=O) groups is 2. The number of aryl methyl sites for hydroxylation is 3. The highest BCUT2D eigenvalue weighted by molar-refractivity contribution is 5.86. The molecule has 0 bridgehead atoms. The number of rotatable bonds is 5. The number of nitrogens with zero attached hydrogens (tertiary/aromatic N) is 4. The van der Waals surface area contributed by atoms with Crippen molar-refractivity contribution in [3.8, 4) is 0 Å². The average Bonchev–Trinajstić information content (AvgIpc) is 2.88. The number of carbonyl (C=O) groups excluding carboxylic acids is 2. The molecule has 6 heteroatoms. The van der Waals surface area contributed by atoms with Crippen LogP contribution >= 0.6 is 0 Å². The second-order valence-electron chi connectivity index (χ2n) is 7.39. The van der Waals surface area contributed by atoms with Crippen molar-refractivity contribution < 1.29 is 9.59 Å². The fraction of sp³-hybridized carbons (Fsp3) is 0.476. The molecule has 0 unspecified atom stereocenters. The largest absolute Gasteiger partial charge is 0.335 e. The summed E-state index contributed by atoms with van der Waals surface area (Å²) in [5, 5.41) is 4.40.